The van der Waals surface area contributed by atoms with Gasteiger partial charge in [0.25, 0.3) is 0 Å². The molecule has 0 spiro atoms. The Morgan fingerprint density at radius 3 is 2.95 bits per heavy atom. The summed E-state index contributed by atoms with van der Waals surface area (Å²) in [6, 6.07) is 8.62. The monoisotopic (exact) mass is 289 g/mol. The van der Waals surface area contributed by atoms with Crippen LogP contribution in [0, 0.1) is 6.92 Å². The summed E-state index contributed by atoms with van der Waals surface area (Å²) in [6.07, 6.45) is 0.612. The van der Waals surface area contributed by atoms with Crippen molar-refractivity contribution in [2.45, 2.75) is 39.2 Å². The summed E-state index contributed by atoms with van der Waals surface area (Å²) in [6.45, 7) is 9.58. The molecule has 2 rings (SSSR count). The number of aliphatic hydroxyl groups is 1. The SMILES string of the molecule is CCNC(=NCC(C)c1cccc(C)c1)N1CC[C@@H](O)C1. The van der Waals surface area contributed by atoms with Gasteiger partial charge >= 0.3 is 0 Å². The molecular weight excluding hydrogens is 262 g/mol. The third kappa shape index (κ3) is 4.46. The molecule has 1 saturated heterocycles. The van der Waals surface area contributed by atoms with E-state index >= 15 is 0 Å². The van der Waals surface area contributed by atoms with Gasteiger partial charge in [-0.2, -0.15) is 0 Å². The van der Waals surface area contributed by atoms with E-state index in [1.54, 1.807) is 0 Å². The van der Waals surface area contributed by atoms with Crippen molar-refractivity contribution in [2.75, 3.05) is 26.2 Å². The van der Waals surface area contributed by atoms with Crippen LogP contribution < -0.4 is 5.32 Å². The molecule has 0 bridgehead atoms. The van der Waals surface area contributed by atoms with Crippen LogP contribution in [0.3, 0.4) is 0 Å². The first-order valence-corrected chi connectivity index (χ1v) is 7.88. The number of rotatable bonds is 4. The van der Waals surface area contributed by atoms with Crippen molar-refractivity contribution in [3.63, 3.8) is 0 Å². The number of aliphatic imine (C=N–C) groups is 1. The molecule has 1 aromatic carbocycles. The molecule has 0 aromatic heterocycles. The Balaban J connectivity index is 2.01. The second kappa shape index (κ2) is 7.46. The van der Waals surface area contributed by atoms with E-state index in [-0.39, 0.29) is 6.10 Å². The molecule has 2 N–H and O–H groups in total. The van der Waals surface area contributed by atoms with E-state index in [9.17, 15) is 5.11 Å². The Morgan fingerprint density at radius 1 is 1.52 bits per heavy atom. The van der Waals surface area contributed by atoms with E-state index in [0.29, 0.717) is 12.5 Å². The quantitative estimate of drug-likeness (QED) is 0.659. The van der Waals surface area contributed by atoms with E-state index in [1.807, 2.05) is 0 Å². The van der Waals surface area contributed by atoms with E-state index in [1.165, 1.54) is 11.1 Å². The summed E-state index contributed by atoms with van der Waals surface area (Å²) in [7, 11) is 0. The summed E-state index contributed by atoms with van der Waals surface area (Å²) in [5, 5.41) is 13.0. The lowest BCUT2D eigenvalue weighted by Gasteiger charge is -2.21. The Bertz CT molecular complexity index is 487. The van der Waals surface area contributed by atoms with Gasteiger partial charge in [-0.25, -0.2) is 0 Å². The molecule has 0 radical (unpaired) electrons. The number of aliphatic hydroxyl groups excluding tert-OH is 1. The van der Waals surface area contributed by atoms with Crippen LogP contribution >= 0.6 is 0 Å². The first kappa shape index (κ1) is 15.8. The summed E-state index contributed by atoms with van der Waals surface area (Å²) in [4.78, 5) is 6.91. The van der Waals surface area contributed by atoms with Crippen LogP contribution in [0.15, 0.2) is 29.3 Å². The van der Waals surface area contributed by atoms with Crippen molar-refractivity contribution in [2.24, 2.45) is 4.99 Å². The molecule has 2 atom stereocenters. The maximum atomic E-state index is 9.68. The Morgan fingerprint density at radius 2 is 2.33 bits per heavy atom. The van der Waals surface area contributed by atoms with Crippen LogP contribution in [-0.2, 0) is 0 Å². The largest absolute Gasteiger partial charge is 0.391 e. The summed E-state index contributed by atoms with van der Waals surface area (Å²) >= 11 is 0. The number of nitrogens with zero attached hydrogens (tertiary/aromatic N) is 2. The number of hydrogen-bond acceptors (Lipinski definition) is 2. The molecule has 1 fully saturated rings. The second-order valence-electron chi connectivity index (χ2n) is 5.90. The highest BCUT2D eigenvalue weighted by Gasteiger charge is 2.22. The fraction of sp³-hybridized carbons (Fsp3) is 0.588. The molecule has 0 amide bonds. The Kier molecular flexibility index (Phi) is 5.62. The van der Waals surface area contributed by atoms with E-state index in [0.717, 1.165) is 32.0 Å². The number of β-amino-alcohol motifs (C(OH)–C–C–N with tert-alkyl or cyclic N) is 1. The lowest BCUT2D eigenvalue weighted by molar-refractivity contribution is 0.188. The van der Waals surface area contributed by atoms with Crippen LogP contribution in [0.5, 0.6) is 0 Å². The molecule has 1 unspecified atom stereocenters. The van der Waals surface area contributed by atoms with Crippen LogP contribution in [0.25, 0.3) is 0 Å². The van der Waals surface area contributed by atoms with Gasteiger partial charge in [-0.15, -0.1) is 0 Å². The molecule has 21 heavy (non-hydrogen) atoms. The first-order valence-electron chi connectivity index (χ1n) is 7.88. The fourth-order valence-corrected chi connectivity index (χ4v) is 2.67. The summed E-state index contributed by atoms with van der Waals surface area (Å²) in [5.74, 6) is 1.32. The number of benzene rings is 1. The average molecular weight is 289 g/mol. The lowest BCUT2D eigenvalue weighted by atomic mass is 10.00. The minimum atomic E-state index is -0.219. The van der Waals surface area contributed by atoms with Gasteiger partial charge in [0.1, 0.15) is 0 Å². The number of nitrogens with one attached hydrogen (secondary N) is 1. The van der Waals surface area contributed by atoms with Crippen molar-refractivity contribution in [1.29, 1.82) is 0 Å². The van der Waals surface area contributed by atoms with E-state index in [2.05, 4.69) is 55.3 Å². The Labute approximate surface area is 127 Å². The summed E-state index contributed by atoms with van der Waals surface area (Å²) < 4.78 is 0. The Hall–Kier alpha value is -1.55. The van der Waals surface area contributed by atoms with Crippen molar-refractivity contribution in [3.8, 4) is 0 Å². The van der Waals surface area contributed by atoms with Crippen molar-refractivity contribution in [3.05, 3.63) is 35.4 Å². The molecule has 116 valence electrons. The summed E-state index contributed by atoms with van der Waals surface area (Å²) in [5.41, 5.74) is 2.62. The first-order chi connectivity index (χ1) is 10.1. The highest BCUT2D eigenvalue weighted by molar-refractivity contribution is 5.80. The van der Waals surface area contributed by atoms with Gasteiger partial charge in [0, 0.05) is 32.1 Å². The fourth-order valence-electron chi connectivity index (χ4n) is 2.67. The normalized spacial score (nSPS) is 20.7. The zero-order valence-electron chi connectivity index (χ0n) is 13.3. The number of hydrogen-bond donors (Lipinski definition) is 2. The highest BCUT2D eigenvalue weighted by atomic mass is 16.3. The molecule has 1 heterocycles. The topological polar surface area (TPSA) is 47.9 Å². The van der Waals surface area contributed by atoms with Crippen molar-refractivity contribution >= 4 is 5.96 Å². The van der Waals surface area contributed by atoms with Gasteiger partial charge < -0.3 is 15.3 Å². The van der Waals surface area contributed by atoms with Gasteiger partial charge in [0.2, 0.25) is 0 Å². The van der Waals surface area contributed by atoms with E-state index < -0.39 is 0 Å². The number of likely N-dealkylation sites (tertiary alicyclic amines) is 1. The minimum Gasteiger partial charge on any atom is -0.391 e. The van der Waals surface area contributed by atoms with Crippen molar-refractivity contribution < 1.29 is 5.11 Å². The zero-order chi connectivity index (χ0) is 15.2. The maximum Gasteiger partial charge on any atom is 0.194 e. The highest BCUT2D eigenvalue weighted by Crippen LogP contribution is 2.17. The van der Waals surface area contributed by atoms with Crippen LogP contribution in [0.1, 0.15) is 37.3 Å². The molecule has 4 heteroatoms. The van der Waals surface area contributed by atoms with Gasteiger partial charge in [0.05, 0.1) is 6.10 Å². The molecule has 0 saturated carbocycles. The minimum absolute atomic E-state index is 0.219. The number of guanidine groups is 1. The third-order valence-electron chi connectivity index (χ3n) is 3.92. The van der Waals surface area contributed by atoms with Crippen molar-refractivity contribution in [1.82, 2.24) is 10.2 Å². The molecule has 1 aliphatic rings. The van der Waals surface area contributed by atoms with Gasteiger partial charge in [-0.05, 0) is 25.8 Å². The molecular formula is C17H27N3O. The van der Waals surface area contributed by atoms with E-state index in [4.69, 9.17) is 4.99 Å². The predicted molar refractivity (Wildman–Crippen MR) is 87.8 cm³/mol. The molecule has 0 aliphatic carbocycles. The second-order valence-corrected chi connectivity index (χ2v) is 5.90. The predicted octanol–water partition coefficient (Wildman–Crippen LogP) is 2.13. The lowest BCUT2D eigenvalue weighted by Crippen LogP contribution is -2.40. The zero-order valence-corrected chi connectivity index (χ0v) is 13.3. The maximum absolute atomic E-state index is 9.68. The average Bonchev–Trinajstić information content (AvgIpc) is 2.89. The number of aryl methyl sites for hydroxylation is 1. The smallest absolute Gasteiger partial charge is 0.194 e. The molecule has 1 aromatic rings. The van der Waals surface area contributed by atoms with Crippen LogP contribution in [-0.4, -0.2) is 48.2 Å². The van der Waals surface area contributed by atoms with Crippen LogP contribution in [0.4, 0.5) is 0 Å². The molecule has 1 aliphatic heterocycles. The van der Waals surface area contributed by atoms with Gasteiger partial charge in [-0.3, -0.25) is 4.99 Å². The standard InChI is InChI=1S/C17H27N3O/c1-4-18-17(20-9-8-16(21)12-20)19-11-14(3)15-7-5-6-13(2)10-15/h5-7,10,14,16,21H,4,8-9,11-12H2,1-3H3,(H,18,19)/t14?,16-/m1/s1. The van der Waals surface area contributed by atoms with Gasteiger partial charge in [0.15, 0.2) is 5.96 Å². The van der Waals surface area contributed by atoms with Gasteiger partial charge in [-0.1, -0.05) is 36.8 Å². The third-order valence-corrected chi connectivity index (χ3v) is 3.92. The molecule has 4 nitrogen and oxygen atoms in total. The van der Waals surface area contributed by atoms with Crippen LogP contribution in [0.2, 0.25) is 0 Å².